The molecule has 0 radical (unpaired) electrons. The molecule has 0 fully saturated rings. The average Bonchev–Trinajstić information content (AvgIpc) is 2.70. The fraction of sp³-hybridized carbons (Fsp3) is 0.417. The first-order valence-corrected chi connectivity index (χ1v) is 10.7. The van der Waals surface area contributed by atoms with Gasteiger partial charge in [-0.1, -0.05) is 79.9 Å². The zero-order valence-corrected chi connectivity index (χ0v) is 18.3. The van der Waals surface area contributed by atoms with Crippen LogP contribution in [0.25, 0.3) is 0 Å². The molecule has 0 aliphatic carbocycles. The van der Waals surface area contributed by atoms with Gasteiger partial charge in [-0.2, -0.15) is 0 Å². The van der Waals surface area contributed by atoms with Gasteiger partial charge >= 0.3 is 0 Å². The summed E-state index contributed by atoms with van der Waals surface area (Å²) in [6.45, 7) is 7.07. The van der Waals surface area contributed by atoms with Gasteiger partial charge < -0.3 is 10.2 Å². The fourth-order valence-corrected chi connectivity index (χ4v) is 3.54. The maximum Gasteiger partial charge on any atom is 0.242 e. The minimum atomic E-state index is -0.512. The van der Waals surface area contributed by atoms with Crippen LogP contribution in [0.3, 0.4) is 0 Å². The molecule has 0 bridgehead atoms. The van der Waals surface area contributed by atoms with Crippen LogP contribution in [0.4, 0.5) is 0 Å². The van der Waals surface area contributed by atoms with Gasteiger partial charge in [0.05, 0.1) is 6.42 Å². The third-order valence-electron chi connectivity index (χ3n) is 4.95. The van der Waals surface area contributed by atoms with Crippen molar-refractivity contribution in [2.45, 2.75) is 59.0 Å². The number of carbonyl (C=O) groups excluding carboxylic acids is 2. The van der Waals surface area contributed by atoms with Gasteiger partial charge in [-0.15, -0.1) is 0 Å². The molecule has 2 amide bonds. The quantitative estimate of drug-likeness (QED) is 0.561. The lowest BCUT2D eigenvalue weighted by molar-refractivity contribution is -0.140. The number of amides is 2. The predicted octanol–water partition coefficient (Wildman–Crippen LogP) is 4.91. The van der Waals surface area contributed by atoms with E-state index in [1.165, 1.54) is 0 Å². The van der Waals surface area contributed by atoms with Crippen LogP contribution in [-0.4, -0.2) is 29.3 Å². The second-order valence-corrected chi connectivity index (χ2v) is 7.75. The van der Waals surface area contributed by atoms with Gasteiger partial charge in [0.15, 0.2) is 0 Å². The van der Waals surface area contributed by atoms with E-state index in [1.807, 2.05) is 50.2 Å². The third-order valence-corrected chi connectivity index (χ3v) is 5.32. The third kappa shape index (κ3) is 6.90. The molecule has 2 aromatic rings. The Hall–Kier alpha value is -2.33. The van der Waals surface area contributed by atoms with Crippen LogP contribution < -0.4 is 5.32 Å². The highest BCUT2D eigenvalue weighted by molar-refractivity contribution is 6.31. The van der Waals surface area contributed by atoms with E-state index < -0.39 is 6.04 Å². The van der Waals surface area contributed by atoms with Crippen molar-refractivity contribution >= 4 is 23.4 Å². The van der Waals surface area contributed by atoms with Crippen LogP contribution in [0.5, 0.6) is 0 Å². The van der Waals surface area contributed by atoms with Gasteiger partial charge in [-0.05, 0) is 37.0 Å². The summed E-state index contributed by atoms with van der Waals surface area (Å²) < 4.78 is 0. The zero-order valence-electron chi connectivity index (χ0n) is 17.6. The van der Waals surface area contributed by atoms with Crippen molar-refractivity contribution in [3.05, 3.63) is 70.2 Å². The molecule has 0 saturated heterocycles. The molecule has 0 aromatic heterocycles. The molecule has 5 heteroatoms. The lowest BCUT2D eigenvalue weighted by Crippen LogP contribution is -2.49. The van der Waals surface area contributed by atoms with Crippen molar-refractivity contribution in [2.24, 2.45) is 0 Å². The monoisotopic (exact) mass is 414 g/mol. The minimum Gasteiger partial charge on any atom is -0.354 e. The van der Waals surface area contributed by atoms with Gasteiger partial charge in [0, 0.05) is 18.1 Å². The summed E-state index contributed by atoms with van der Waals surface area (Å²) in [4.78, 5) is 27.8. The van der Waals surface area contributed by atoms with Gasteiger partial charge in [0.2, 0.25) is 11.8 Å². The van der Waals surface area contributed by atoms with Crippen LogP contribution >= 0.6 is 11.6 Å². The molecule has 0 aliphatic heterocycles. The zero-order chi connectivity index (χ0) is 21.2. The molecule has 2 aromatic carbocycles. The second-order valence-electron chi connectivity index (χ2n) is 7.35. The first-order valence-electron chi connectivity index (χ1n) is 10.3. The lowest BCUT2D eigenvalue weighted by atomic mass is 10.1. The fourth-order valence-electron chi connectivity index (χ4n) is 3.34. The van der Waals surface area contributed by atoms with E-state index in [1.54, 1.807) is 11.0 Å². The Morgan fingerprint density at radius 3 is 2.52 bits per heavy atom. The second kappa shape index (κ2) is 11.6. The Balaban J connectivity index is 2.26. The number of nitrogens with zero attached hydrogens (tertiary/aromatic N) is 1. The van der Waals surface area contributed by atoms with Crippen LogP contribution in [0.2, 0.25) is 5.02 Å². The SMILES string of the molecule is CCCCNC(=O)[C@@H](CC)N(Cc1cccc(C)c1)C(=O)Cc1ccccc1Cl. The minimum absolute atomic E-state index is 0.0962. The molecule has 0 unspecified atom stereocenters. The van der Waals surface area contributed by atoms with Crippen molar-refractivity contribution in [3.63, 3.8) is 0 Å². The van der Waals surface area contributed by atoms with E-state index in [0.717, 1.165) is 29.5 Å². The number of hydrogen-bond acceptors (Lipinski definition) is 2. The van der Waals surface area contributed by atoms with Crippen molar-refractivity contribution in [2.75, 3.05) is 6.54 Å². The molecule has 29 heavy (non-hydrogen) atoms. The van der Waals surface area contributed by atoms with Crippen LogP contribution in [0, 0.1) is 6.92 Å². The van der Waals surface area contributed by atoms with Crippen molar-refractivity contribution in [1.82, 2.24) is 10.2 Å². The molecule has 2 rings (SSSR count). The van der Waals surface area contributed by atoms with Crippen molar-refractivity contribution in [1.29, 1.82) is 0 Å². The Labute approximate surface area is 179 Å². The molecule has 1 N–H and O–H groups in total. The number of benzene rings is 2. The van der Waals surface area contributed by atoms with Crippen molar-refractivity contribution < 1.29 is 9.59 Å². The number of hydrogen-bond donors (Lipinski definition) is 1. The van der Waals surface area contributed by atoms with Crippen LogP contribution in [0.1, 0.15) is 49.8 Å². The Kier molecular flexibility index (Phi) is 9.20. The molecule has 0 spiro atoms. The van der Waals surface area contributed by atoms with Gasteiger partial charge in [0.25, 0.3) is 0 Å². The smallest absolute Gasteiger partial charge is 0.242 e. The highest BCUT2D eigenvalue weighted by atomic mass is 35.5. The summed E-state index contributed by atoms with van der Waals surface area (Å²) in [6, 6.07) is 14.9. The Morgan fingerprint density at radius 1 is 1.10 bits per heavy atom. The van der Waals surface area contributed by atoms with Crippen LogP contribution in [0.15, 0.2) is 48.5 Å². The molecular formula is C24H31ClN2O2. The molecule has 4 nitrogen and oxygen atoms in total. The molecule has 0 saturated carbocycles. The van der Waals surface area contributed by atoms with Gasteiger partial charge in [0.1, 0.15) is 6.04 Å². The molecular weight excluding hydrogens is 384 g/mol. The standard InChI is InChI=1S/C24H31ClN2O2/c1-4-6-14-26-24(29)22(5-2)27(17-19-11-9-10-18(3)15-19)23(28)16-20-12-7-8-13-21(20)25/h7-13,15,22H,4-6,14,16-17H2,1-3H3,(H,26,29)/t22-/m1/s1. The molecule has 156 valence electrons. The lowest BCUT2D eigenvalue weighted by Gasteiger charge is -2.31. The largest absolute Gasteiger partial charge is 0.354 e. The summed E-state index contributed by atoms with van der Waals surface area (Å²) in [5, 5.41) is 3.55. The number of rotatable bonds is 10. The molecule has 0 aliphatic rings. The topological polar surface area (TPSA) is 49.4 Å². The number of halogens is 1. The summed E-state index contributed by atoms with van der Waals surface area (Å²) in [7, 11) is 0. The molecule has 1 atom stereocenters. The normalized spacial score (nSPS) is 11.7. The summed E-state index contributed by atoms with van der Waals surface area (Å²) in [5.41, 5.74) is 2.91. The van der Waals surface area contributed by atoms with E-state index in [2.05, 4.69) is 18.3 Å². The molecule has 0 heterocycles. The first kappa shape index (κ1) is 23.0. The highest BCUT2D eigenvalue weighted by Crippen LogP contribution is 2.19. The van der Waals surface area contributed by atoms with Crippen molar-refractivity contribution in [3.8, 4) is 0 Å². The summed E-state index contributed by atoms with van der Waals surface area (Å²) in [6.07, 6.45) is 2.66. The highest BCUT2D eigenvalue weighted by Gasteiger charge is 2.28. The van der Waals surface area contributed by atoms with Crippen LogP contribution in [-0.2, 0) is 22.6 Å². The number of aryl methyl sites for hydroxylation is 1. The average molecular weight is 415 g/mol. The first-order chi connectivity index (χ1) is 14.0. The summed E-state index contributed by atoms with van der Waals surface area (Å²) in [5.74, 6) is -0.196. The van der Waals surface area contributed by atoms with E-state index in [9.17, 15) is 9.59 Å². The number of carbonyl (C=O) groups is 2. The van der Waals surface area contributed by atoms with Gasteiger partial charge in [-0.25, -0.2) is 0 Å². The summed E-state index contributed by atoms with van der Waals surface area (Å²) >= 11 is 6.26. The number of nitrogens with one attached hydrogen (secondary N) is 1. The van der Waals surface area contributed by atoms with E-state index >= 15 is 0 Å². The number of unbranched alkanes of at least 4 members (excludes halogenated alkanes) is 1. The maximum absolute atomic E-state index is 13.3. The van der Waals surface area contributed by atoms with Gasteiger partial charge in [-0.3, -0.25) is 9.59 Å². The van der Waals surface area contributed by atoms with E-state index in [4.69, 9.17) is 11.6 Å². The Morgan fingerprint density at radius 2 is 1.86 bits per heavy atom. The van der Waals surface area contributed by atoms with E-state index in [-0.39, 0.29) is 18.2 Å². The Bertz CT molecular complexity index is 822. The predicted molar refractivity (Wildman–Crippen MR) is 119 cm³/mol. The van der Waals surface area contributed by atoms with E-state index in [0.29, 0.717) is 24.5 Å². The maximum atomic E-state index is 13.3.